The summed E-state index contributed by atoms with van der Waals surface area (Å²) in [6.07, 6.45) is 1.15. The van der Waals surface area contributed by atoms with Crippen molar-refractivity contribution in [2.75, 3.05) is 37.7 Å². The molecular formula is C15H23ClN2S. The summed E-state index contributed by atoms with van der Waals surface area (Å²) in [6.45, 7) is 6.80. The van der Waals surface area contributed by atoms with Gasteiger partial charge in [-0.15, -0.1) is 0 Å². The van der Waals surface area contributed by atoms with Crippen LogP contribution in [-0.4, -0.2) is 42.6 Å². The van der Waals surface area contributed by atoms with Crippen LogP contribution in [0.5, 0.6) is 0 Å². The first-order chi connectivity index (χ1) is 9.29. The lowest BCUT2D eigenvalue weighted by Crippen LogP contribution is -2.35. The Labute approximate surface area is 125 Å². The Morgan fingerprint density at radius 1 is 1.37 bits per heavy atom. The van der Waals surface area contributed by atoms with Crippen LogP contribution in [0.15, 0.2) is 24.3 Å². The van der Waals surface area contributed by atoms with Gasteiger partial charge >= 0.3 is 0 Å². The molecule has 1 aromatic rings. The van der Waals surface area contributed by atoms with Crippen molar-refractivity contribution in [1.82, 2.24) is 10.2 Å². The second kappa shape index (κ2) is 8.15. The van der Waals surface area contributed by atoms with Crippen LogP contribution in [0.25, 0.3) is 0 Å². The molecule has 0 amide bonds. The number of halogens is 1. The SMILES string of the molecule is CCNC(CCN1CCSCC1)c1cccc(Cl)c1. The molecule has 1 atom stereocenters. The Kier molecular flexibility index (Phi) is 6.51. The molecule has 1 saturated heterocycles. The van der Waals surface area contributed by atoms with E-state index >= 15 is 0 Å². The van der Waals surface area contributed by atoms with E-state index in [4.69, 9.17) is 11.6 Å². The lowest BCUT2D eigenvalue weighted by Gasteiger charge is -2.28. The molecule has 0 radical (unpaired) electrons. The maximum atomic E-state index is 6.10. The zero-order chi connectivity index (χ0) is 13.5. The highest BCUT2D eigenvalue weighted by molar-refractivity contribution is 7.99. The van der Waals surface area contributed by atoms with Gasteiger partial charge in [-0.05, 0) is 30.7 Å². The largest absolute Gasteiger partial charge is 0.310 e. The molecule has 1 aromatic carbocycles. The molecule has 0 aromatic heterocycles. The van der Waals surface area contributed by atoms with Gasteiger partial charge in [0.1, 0.15) is 0 Å². The minimum Gasteiger partial charge on any atom is -0.310 e. The van der Waals surface area contributed by atoms with E-state index in [2.05, 4.69) is 41.0 Å². The van der Waals surface area contributed by atoms with Crippen LogP contribution in [0.4, 0.5) is 0 Å². The van der Waals surface area contributed by atoms with Crippen molar-refractivity contribution in [3.63, 3.8) is 0 Å². The van der Waals surface area contributed by atoms with Gasteiger partial charge in [0, 0.05) is 42.2 Å². The van der Waals surface area contributed by atoms with E-state index in [0.717, 1.165) is 18.0 Å². The van der Waals surface area contributed by atoms with Crippen LogP contribution in [0, 0.1) is 0 Å². The quantitative estimate of drug-likeness (QED) is 0.866. The summed E-state index contributed by atoms with van der Waals surface area (Å²) in [5.41, 5.74) is 1.31. The van der Waals surface area contributed by atoms with E-state index in [1.807, 2.05) is 12.1 Å². The van der Waals surface area contributed by atoms with Gasteiger partial charge in [-0.1, -0.05) is 30.7 Å². The number of hydrogen-bond acceptors (Lipinski definition) is 3. The summed E-state index contributed by atoms with van der Waals surface area (Å²) in [5.74, 6) is 2.56. The van der Waals surface area contributed by atoms with E-state index < -0.39 is 0 Å². The predicted octanol–water partition coefficient (Wildman–Crippen LogP) is 3.43. The lowest BCUT2D eigenvalue weighted by molar-refractivity contribution is 0.281. The van der Waals surface area contributed by atoms with Crippen LogP contribution in [0.1, 0.15) is 24.9 Å². The first kappa shape index (κ1) is 15.2. The highest BCUT2D eigenvalue weighted by Crippen LogP contribution is 2.21. The van der Waals surface area contributed by atoms with Crippen molar-refractivity contribution in [3.05, 3.63) is 34.9 Å². The second-order valence-corrected chi connectivity index (χ2v) is 6.57. The van der Waals surface area contributed by atoms with Gasteiger partial charge in [0.2, 0.25) is 0 Å². The van der Waals surface area contributed by atoms with E-state index in [-0.39, 0.29) is 0 Å². The fourth-order valence-electron chi connectivity index (χ4n) is 2.49. The molecule has 1 aliphatic heterocycles. The molecule has 0 aliphatic carbocycles. The van der Waals surface area contributed by atoms with Crippen molar-refractivity contribution in [2.45, 2.75) is 19.4 Å². The maximum absolute atomic E-state index is 6.10. The van der Waals surface area contributed by atoms with Gasteiger partial charge in [-0.25, -0.2) is 0 Å². The van der Waals surface area contributed by atoms with Gasteiger partial charge in [0.25, 0.3) is 0 Å². The highest BCUT2D eigenvalue weighted by Gasteiger charge is 2.15. The Balaban J connectivity index is 1.91. The second-order valence-electron chi connectivity index (χ2n) is 4.91. The number of thioether (sulfide) groups is 1. The van der Waals surface area contributed by atoms with Gasteiger partial charge < -0.3 is 10.2 Å². The number of rotatable bonds is 6. The van der Waals surface area contributed by atoms with Gasteiger partial charge in [0.05, 0.1) is 0 Å². The zero-order valence-electron chi connectivity index (χ0n) is 11.6. The summed E-state index contributed by atoms with van der Waals surface area (Å²) >= 11 is 8.16. The molecule has 0 spiro atoms. The maximum Gasteiger partial charge on any atom is 0.0409 e. The molecule has 0 saturated carbocycles. The minimum atomic E-state index is 0.415. The molecule has 1 fully saturated rings. The summed E-state index contributed by atoms with van der Waals surface area (Å²) in [6, 6.07) is 8.65. The average Bonchev–Trinajstić information content (AvgIpc) is 2.44. The van der Waals surface area contributed by atoms with E-state index in [0.29, 0.717) is 6.04 Å². The molecule has 4 heteroatoms. The van der Waals surface area contributed by atoms with Crippen LogP contribution in [0.2, 0.25) is 5.02 Å². The summed E-state index contributed by atoms with van der Waals surface area (Å²) in [7, 11) is 0. The van der Waals surface area contributed by atoms with Crippen LogP contribution < -0.4 is 5.32 Å². The van der Waals surface area contributed by atoms with Crippen LogP contribution in [-0.2, 0) is 0 Å². The first-order valence-corrected chi connectivity index (χ1v) is 8.62. The smallest absolute Gasteiger partial charge is 0.0409 e. The van der Waals surface area contributed by atoms with Gasteiger partial charge in [-0.2, -0.15) is 11.8 Å². The van der Waals surface area contributed by atoms with E-state index in [9.17, 15) is 0 Å². The molecule has 2 rings (SSSR count). The topological polar surface area (TPSA) is 15.3 Å². The third-order valence-electron chi connectivity index (χ3n) is 3.54. The monoisotopic (exact) mass is 298 g/mol. The molecular weight excluding hydrogens is 276 g/mol. The van der Waals surface area contributed by atoms with Gasteiger partial charge in [0.15, 0.2) is 0 Å². The van der Waals surface area contributed by atoms with Crippen LogP contribution in [0.3, 0.4) is 0 Å². The Morgan fingerprint density at radius 3 is 2.84 bits per heavy atom. The van der Waals surface area contributed by atoms with Crippen molar-refractivity contribution in [2.24, 2.45) is 0 Å². The number of nitrogens with one attached hydrogen (secondary N) is 1. The number of nitrogens with zero attached hydrogens (tertiary/aromatic N) is 1. The highest BCUT2D eigenvalue weighted by atomic mass is 35.5. The van der Waals surface area contributed by atoms with E-state index in [1.165, 1.54) is 36.7 Å². The van der Waals surface area contributed by atoms with Gasteiger partial charge in [-0.3, -0.25) is 0 Å². The number of hydrogen-bond donors (Lipinski definition) is 1. The summed E-state index contributed by atoms with van der Waals surface area (Å²) in [4.78, 5) is 2.57. The summed E-state index contributed by atoms with van der Waals surface area (Å²) < 4.78 is 0. The summed E-state index contributed by atoms with van der Waals surface area (Å²) in [5, 5.41) is 4.40. The first-order valence-electron chi connectivity index (χ1n) is 7.08. The zero-order valence-corrected chi connectivity index (χ0v) is 13.1. The normalized spacial score (nSPS) is 18.4. The lowest BCUT2D eigenvalue weighted by atomic mass is 10.0. The van der Waals surface area contributed by atoms with Crippen molar-refractivity contribution >= 4 is 23.4 Å². The fourth-order valence-corrected chi connectivity index (χ4v) is 3.67. The van der Waals surface area contributed by atoms with Crippen molar-refractivity contribution < 1.29 is 0 Å². The third kappa shape index (κ3) is 4.99. The molecule has 1 aliphatic rings. The molecule has 0 bridgehead atoms. The molecule has 1 unspecified atom stereocenters. The molecule has 2 nitrogen and oxygen atoms in total. The minimum absolute atomic E-state index is 0.415. The standard InChI is InChI=1S/C15H23ClN2S/c1-2-17-15(13-4-3-5-14(16)12-13)6-7-18-8-10-19-11-9-18/h3-5,12,15,17H,2,6-11H2,1H3. The Morgan fingerprint density at radius 2 is 2.16 bits per heavy atom. The molecule has 19 heavy (non-hydrogen) atoms. The number of benzene rings is 1. The predicted molar refractivity (Wildman–Crippen MR) is 86.3 cm³/mol. The Hall–Kier alpha value is -0.220. The molecule has 1 N–H and O–H groups in total. The van der Waals surface area contributed by atoms with E-state index in [1.54, 1.807) is 0 Å². The molecule has 1 heterocycles. The van der Waals surface area contributed by atoms with Crippen molar-refractivity contribution in [1.29, 1.82) is 0 Å². The van der Waals surface area contributed by atoms with Crippen LogP contribution >= 0.6 is 23.4 Å². The molecule has 106 valence electrons. The van der Waals surface area contributed by atoms with Crippen molar-refractivity contribution in [3.8, 4) is 0 Å². The third-order valence-corrected chi connectivity index (χ3v) is 4.72. The average molecular weight is 299 g/mol. The fraction of sp³-hybridized carbons (Fsp3) is 0.600. The Bertz CT molecular complexity index is 380.